The number of aliphatic hydroxyl groups is 1. The number of hydrogen-bond acceptors (Lipinski definition) is 7. The fourth-order valence-corrected chi connectivity index (χ4v) is 5.53. The summed E-state index contributed by atoms with van der Waals surface area (Å²) < 4.78 is 22.6. The molecular weight excluding hydrogens is 459 g/mol. The van der Waals surface area contributed by atoms with E-state index < -0.39 is 12.3 Å². The van der Waals surface area contributed by atoms with Gasteiger partial charge in [0.05, 0.1) is 48.8 Å². The molecule has 0 bridgehead atoms. The van der Waals surface area contributed by atoms with Gasteiger partial charge in [-0.3, -0.25) is 4.90 Å². The van der Waals surface area contributed by atoms with Gasteiger partial charge in [0.25, 0.3) is 0 Å². The zero-order chi connectivity index (χ0) is 23.4. The zero-order valence-electron chi connectivity index (χ0n) is 19.0. The molecule has 4 atom stereocenters. The van der Waals surface area contributed by atoms with Crippen LogP contribution in [0.5, 0.6) is 0 Å². The minimum Gasteiger partial charge on any atom is -0.389 e. The Labute approximate surface area is 202 Å². The number of halogens is 2. The van der Waals surface area contributed by atoms with Crippen LogP contribution in [0.15, 0.2) is 24.5 Å². The number of benzene rings is 1. The van der Waals surface area contributed by atoms with E-state index in [1.807, 2.05) is 28.6 Å². The van der Waals surface area contributed by atoms with Crippen molar-refractivity contribution < 1.29 is 14.2 Å². The van der Waals surface area contributed by atoms with Gasteiger partial charge >= 0.3 is 0 Å². The molecule has 4 heterocycles. The normalized spacial score (nSPS) is 28.0. The molecule has 0 spiro atoms. The average Bonchev–Trinajstić information content (AvgIpc) is 3.47. The standard InChI is InChI=1S/C24H28ClFN6O2/c1-13-6-14-8-27-24(30-20-9-28-32(23(20)25)15-2-3-15)29-19(14)7-17(13)16-4-5-31(10-18(16)26)21-11-34-12-22(21)33/h6-9,15-16,18,21-22,33H,2-5,10-12H2,1H3,(H,27,29,30)/t16-,18+,21?,22+/m0/s1. The fraction of sp³-hybridized carbons (Fsp3) is 0.542. The van der Waals surface area contributed by atoms with E-state index in [0.717, 1.165) is 41.4 Å². The van der Waals surface area contributed by atoms with Crippen molar-refractivity contribution in [2.75, 3.05) is 31.6 Å². The third kappa shape index (κ3) is 4.04. The smallest absolute Gasteiger partial charge is 0.227 e. The highest BCUT2D eigenvalue weighted by atomic mass is 35.5. The predicted octanol–water partition coefficient (Wildman–Crippen LogP) is 3.75. The molecule has 0 radical (unpaired) electrons. The number of alkyl halides is 1. The van der Waals surface area contributed by atoms with Crippen LogP contribution in [0.1, 0.15) is 42.3 Å². The molecule has 2 aliphatic heterocycles. The van der Waals surface area contributed by atoms with Crippen molar-refractivity contribution in [1.29, 1.82) is 0 Å². The molecule has 2 N–H and O–H groups in total. The summed E-state index contributed by atoms with van der Waals surface area (Å²) in [6.45, 7) is 3.83. The first-order chi connectivity index (χ1) is 16.5. The largest absolute Gasteiger partial charge is 0.389 e. The van der Waals surface area contributed by atoms with Crippen molar-refractivity contribution in [2.24, 2.45) is 0 Å². The van der Waals surface area contributed by atoms with Crippen molar-refractivity contribution in [3.8, 4) is 0 Å². The van der Waals surface area contributed by atoms with E-state index in [9.17, 15) is 5.11 Å². The van der Waals surface area contributed by atoms with Crippen molar-refractivity contribution in [1.82, 2.24) is 24.6 Å². The minimum absolute atomic E-state index is 0.116. The van der Waals surface area contributed by atoms with E-state index in [-0.39, 0.29) is 12.0 Å². The summed E-state index contributed by atoms with van der Waals surface area (Å²) in [5.41, 5.74) is 3.45. The van der Waals surface area contributed by atoms with Crippen LogP contribution in [-0.2, 0) is 4.74 Å². The predicted molar refractivity (Wildman–Crippen MR) is 128 cm³/mol. The Morgan fingerprint density at radius 2 is 2.06 bits per heavy atom. The van der Waals surface area contributed by atoms with E-state index in [2.05, 4.69) is 15.4 Å². The number of aryl methyl sites for hydroxylation is 1. The molecule has 1 aromatic carbocycles. The fourth-order valence-electron chi connectivity index (χ4n) is 5.25. The molecule has 6 rings (SSSR count). The number of likely N-dealkylation sites (tertiary alicyclic amines) is 1. The summed E-state index contributed by atoms with van der Waals surface area (Å²) in [6.07, 6.45) is 4.78. The van der Waals surface area contributed by atoms with Gasteiger partial charge in [-0.25, -0.2) is 19.0 Å². The van der Waals surface area contributed by atoms with Gasteiger partial charge in [0.15, 0.2) is 5.15 Å². The summed E-state index contributed by atoms with van der Waals surface area (Å²) in [5, 5.41) is 19.1. The highest BCUT2D eigenvalue weighted by Crippen LogP contribution is 2.39. The Hall–Kier alpha value is -2.33. The Kier molecular flexibility index (Phi) is 5.68. The Morgan fingerprint density at radius 1 is 1.21 bits per heavy atom. The highest BCUT2D eigenvalue weighted by molar-refractivity contribution is 6.32. The maximum Gasteiger partial charge on any atom is 0.227 e. The number of fused-ring (bicyclic) bond motifs is 1. The molecule has 2 saturated heterocycles. The third-order valence-electron chi connectivity index (χ3n) is 7.30. The lowest BCUT2D eigenvalue weighted by molar-refractivity contribution is 0.0352. The summed E-state index contributed by atoms with van der Waals surface area (Å²) in [5.74, 6) is 0.221. The summed E-state index contributed by atoms with van der Waals surface area (Å²) >= 11 is 6.47. The van der Waals surface area contributed by atoms with Crippen molar-refractivity contribution in [2.45, 2.75) is 56.5 Å². The molecule has 2 aromatic heterocycles. The van der Waals surface area contributed by atoms with Gasteiger partial charge in [0, 0.05) is 24.0 Å². The molecule has 1 unspecified atom stereocenters. The Morgan fingerprint density at radius 3 is 2.79 bits per heavy atom. The first-order valence-corrected chi connectivity index (χ1v) is 12.3. The first kappa shape index (κ1) is 22.2. The number of anilines is 2. The van der Waals surface area contributed by atoms with Crippen molar-refractivity contribution >= 4 is 34.1 Å². The van der Waals surface area contributed by atoms with Crippen LogP contribution in [0.2, 0.25) is 5.15 Å². The second-order valence-electron chi connectivity index (χ2n) is 9.69. The minimum atomic E-state index is -1.02. The molecule has 0 amide bonds. The lowest BCUT2D eigenvalue weighted by atomic mass is 9.84. The number of aliphatic hydroxyl groups excluding tert-OH is 1. The van der Waals surface area contributed by atoms with Crippen molar-refractivity contribution in [3.05, 3.63) is 40.8 Å². The maximum absolute atomic E-state index is 15.4. The second-order valence-corrected chi connectivity index (χ2v) is 10.0. The highest BCUT2D eigenvalue weighted by Gasteiger charge is 2.38. The van der Waals surface area contributed by atoms with Crippen LogP contribution in [0, 0.1) is 6.92 Å². The summed E-state index contributed by atoms with van der Waals surface area (Å²) in [4.78, 5) is 11.2. The molecule has 10 heteroatoms. The number of hydrogen-bond donors (Lipinski definition) is 2. The molecule has 1 saturated carbocycles. The molecule has 3 aromatic rings. The van der Waals surface area contributed by atoms with Crippen LogP contribution in [-0.4, -0.2) is 74.4 Å². The lowest BCUT2D eigenvalue weighted by Gasteiger charge is -2.39. The number of piperidine rings is 1. The quantitative estimate of drug-likeness (QED) is 0.567. The topological polar surface area (TPSA) is 88.3 Å². The molecule has 3 aliphatic rings. The van der Waals surface area contributed by atoms with Gasteiger partial charge in [0.2, 0.25) is 5.95 Å². The van der Waals surface area contributed by atoms with E-state index >= 15 is 4.39 Å². The number of ether oxygens (including phenoxy) is 1. The Bertz CT molecular complexity index is 1220. The SMILES string of the molecule is Cc1cc2cnc(Nc3cnn(C4CC4)c3Cl)nc2cc1[C@@H]1CCN(C2COC[C@H]2O)C[C@H]1F. The molecular formula is C24H28ClFN6O2. The van der Waals surface area contributed by atoms with Crippen LogP contribution in [0.4, 0.5) is 16.0 Å². The van der Waals surface area contributed by atoms with Crippen LogP contribution in [0.3, 0.4) is 0 Å². The van der Waals surface area contributed by atoms with E-state index in [1.54, 1.807) is 12.4 Å². The van der Waals surface area contributed by atoms with Gasteiger partial charge in [0.1, 0.15) is 6.17 Å². The van der Waals surface area contributed by atoms with Gasteiger partial charge in [-0.2, -0.15) is 5.10 Å². The third-order valence-corrected chi connectivity index (χ3v) is 7.68. The summed E-state index contributed by atoms with van der Waals surface area (Å²) in [6, 6.07) is 4.29. The number of nitrogens with one attached hydrogen (secondary N) is 1. The summed E-state index contributed by atoms with van der Waals surface area (Å²) in [7, 11) is 0. The molecule has 3 fully saturated rings. The molecule has 1 aliphatic carbocycles. The van der Waals surface area contributed by atoms with Gasteiger partial charge in [-0.15, -0.1) is 0 Å². The maximum atomic E-state index is 15.4. The van der Waals surface area contributed by atoms with Crippen LogP contribution < -0.4 is 5.32 Å². The number of nitrogens with zero attached hydrogens (tertiary/aromatic N) is 5. The molecule has 180 valence electrons. The second kappa shape index (κ2) is 8.71. The van der Waals surface area contributed by atoms with E-state index in [0.29, 0.717) is 49.0 Å². The van der Waals surface area contributed by atoms with Gasteiger partial charge < -0.3 is 15.2 Å². The van der Waals surface area contributed by atoms with Crippen LogP contribution in [0.25, 0.3) is 10.9 Å². The molecule has 8 nitrogen and oxygen atoms in total. The van der Waals surface area contributed by atoms with Crippen LogP contribution >= 0.6 is 11.6 Å². The number of rotatable bonds is 5. The zero-order valence-corrected chi connectivity index (χ0v) is 19.7. The Balaban J connectivity index is 1.23. The first-order valence-electron chi connectivity index (χ1n) is 11.9. The van der Waals surface area contributed by atoms with Gasteiger partial charge in [-0.05, 0) is 56.0 Å². The lowest BCUT2D eigenvalue weighted by Crippen LogP contribution is -2.50. The number of aromatic nitrogens is 4. The van der Waals surface area contributed by atoms with E-state index in [1.165, 1.54) is 0 Å². The molecule has 34 heavy (non-hydrogen) atoms. The average molecular weight is 487 g/mol. The van der Waals surface area contributed by atoms with E-state index in [4.69, 9.17) is 21.3 Å². The monoisotopic (exact) mass is 486 g/mol. The van der Waals surface area contributed by atoms with Gasteiger partial charge in [-0.1, -0.05) is 11.6 Å². The van der Waals surface area contributed by atoms with Crippen molar-refractivity contribution in [3.63, 3.8) is 0 Å².